The predicted octanol–water partition coefficient (Wildman–Crippen LogP) is 3.44. The molecule has 0 aliphatic heterocycles. The Morgan fingerprint density at radius 2 is 2.20 bits per heavy atom. The van der Waals surface area contributed by atoms with Crippen molar-refractivity contribution in [1.29, 1.82) is 5.41 Å². The highest BCUT2D eigenvalue weighted by atomic mass is 32.1. The summed E-state index contributed by atoms with van der Waals surface area (Å²) in [6, 6.07) is 5.25. The minimum atomic E-state index is -0.318. The van der Waals surface area contributed by atoms with Gasteiger partial charge in [-0.3, -0.25) is 0 Å². The van der Waals surface area contributed by atoms with Gasteiger partial charge in [0.1, 0.15) is 5.75 Å². The van der Waals surface area contributed by atoms with Gasteiger partial charge in [-0.2, -0.15) is 0 Å². The summed E-state index contributed by atoms with van der Waals surface area (Å²) in [5.74, 6) is 0.338. The summed E-state index contributed by atoms with van der Waals surface area (Å²) < 4.78 is 19.7. The second-order valence-electron chi connectivity index (χ2n) is 3.21. The van der Waals surface area contributed by atoms with Crippen LogP contribution in [0.5, 0.6) is 5.75 Å². The molecule has 78 valence electrons. The van der Waals surface area contributed by atoms with Gasteiger partial charge < -0.3 is 10.1 Å². The van der Waals surface area contributed by atoms with Crippen LogP contribution in [0.4, 0.5) is 4.39 Å². The topological polar surface area (TPSA) is 33.1 Å². The molecule has 0 aliphatic rings. The van der Waals surface area contributed by atoms with Crippen molar-refractivity contribution in [2.45, 2.75) is 6.92 Å². The number of hydrogen-bond donors (Lipinski definition) is 1. The largest absolute Gasteiger partial charge is 0.495 e. The van der Waals surface area contributed by atoms with E-state index in [2.05, 4.69) is 0 Å². The minimum Gasteiger partial charge on any atom is -0.495 e. The molecule has 0 amide bonds. The summed E-state index contributed by atoms with van der Waals surface area (Å²) in [6.45, 7) is 1.58. The monoisotopic (exact) mass is 223 g/mol. The lowest BCUT2D eigenvalue weighted by Gasteiger charge is -1.98. The zero-order chi connectivity index (χ0) is 11.0. The number of hydrogen-bond acceptors (Lipinski definition) is 3. The van der Waals surface area contributed by atoms with Gasteiger partial charge in [0.25, 0.3) is 0 Å². The van der Waals surface area contributed by atoms with E-state index in [1.54, 1.807) is 32.2 Å². The molecule has 0 radical (unpaired) electrons. The van der Waals surface area contributed by atoms with Gasteiger partial charge in [0.2, 0.25) is 0 Å². The number of fused-ring (bicyclic) bond motifs is 1. The summed E-state index contributed by atoms with van der Waals surface area (Å²) >= 11 is 1.26. The molecule has 1 heterocycles. The Hall–Kier alpha value is -1.42. The second kappa shape index (κ2) is 3.62. The van der Waals surface area contributed by atoms with E-state index in [-0.39, 0.29) is 11.5 Å². The molecular formula is C11H10FNOS. The van der Waals surface area contributed by atoms with Crippen LogP contribution in [0.3, 0.4) is 0 Å². The fraction of sp³-hybridized carbons (Fsp3) is 0.182. The van der Waals surface area contributed by atoms with Crippen LogP contribution in [-0.2, 0) is 0 Å². The summed E-state index contributed by atoms with van der Waals surface area (Å²) in [6.07, 6.45) is 0. The third-order valence-corrected chi connectivity index (χ3v) is 3.49. The van der Waals surface area contributed by atoms with Crippen LogP contribution >= 0.6 is 11.3 Å². The Labute approximate surface area is 90.8 Å². The zero-order valence-corrected chi connectivity index (χ0v) is 9.24. The molecule has 0 fully saturated rings. The maximum absolute atomic E-state index is 13.8. The van der Waals surface area contributed by atoms with Crippen molar-refractivity contribution in [3.8, 4) is 5.75 Å². The van der Waals surface area contributed by atoms with E-state index < -0.39 is 0 Å². The highest BCUT2D eigenvalue weighted by molar-refractivity contribution is 7.21. The van der Waals surface area contributed by atoms with Crippen LogP contribution in [0.1, 0.15) is 11.8 Å². The van der Waals surface area contributed by atoms with E-state index in [0.29, 0.717) is 16.0 Å². The lowest BCUT2D eigenvalue weighted by molar-refractivity contribution is 0.420. The summed E-state index contributed by atoms with van der Waals surface area (Å²) in [7, 11) is 1.56. The van der Waals surface area contributed by atoms with E-state index in [9.17, 15) is 4.39 Å². The Morgan fingerprint density at radius 1 is 1.47 bits per heavy atom. The summed E-state index contributed by atoms with van der Waals surface area (Å²) in [5.41, 5.74) is 0.246. The molecule has 15 heavy (non-hydrogen) atoms. The first-order chi connectivity index (χ1) is 7.15. The van der Waals surface area contributed by atoms with E-state index >= 15 is 0 Å². The molecule has 0 spiro atoms. The Morgan fingerprint density at radius 3 is 2.80 bits per heavy atom. The van der Waals surface area contributed by atoms with Crippen LogP contribution in [0.2, 0.25) is 0 Å². The fourth-order valence-corrected chi connectivity index (χ4v) is 2.54. The Balaban J connectivity index is 2.81. The number of benzene rings is 1. The highest BCUT2D eigenvalue weighted by Crippen LogP contribution is 2.36. The minimum absolute atomic E-state index is 0.246. The Kier molecular flexibility index (Phi) is 2.44. The number of ether oxygens (including phenoxy) is 1. The number of halogens is 1. The van der Waals surface area contributed by atoms with Gasteiger partial charge in [0.05, 0.1) is 16.7 Å². The number of rotatable bonds is 2. The standard InChI is InChI=1S/C11H10FNOS/c1-6(13)10-9(12)7-4-3-5-8(14-2)11(7)15-10/h3-5,13H,1-2H3. The van der Waals surface area contributed by atoms with E-state index in [0.717, 1.165) is 4.70 Å². The van der Waals surface area contributed by atoms with Crippen LogP contribution < -0.4 is 4.74 Å². The molecule has 0 atom stereocenters. The molecule has 0 unspecified atom stereocenters. The van der Waals surface area contributed by atoms with Gasteiger partial charge in [0.15, 0.2) is 5.82 Å². The van der Waals surface area contributed by atoms with Crippen molar-refractivity contribution in [1.82, 2.24) is 0 Å². The summed E-state index contributed by atoms with van der Waals surface area (Å²) in [4.78, 5) is 0.384. The number of methoxy groups -OCH3 is 1. The maximum Gasteiger partial charge on any atom is 0.150 e. The quantitative estimate of drug-likeness (QED) is 0.777. The van der Waals surface area contributed by atoms with Gasteiger partial charge >= 0.3 is 0 Å². The molecule has 4 heteroatoms. The van der Waals surface area contributed by atoms with E-state index in [1.807, 2.05) is 0 Å². The van der Waals surface area contributed by atoms with Crippen LogP contribution in [0.25, 0.3) is 10.1 Å². The van der Waals surface area contributed by atoms with E-state index in [4.69, 9.17) is 10.1 Å². The van der Waals surface area contributed by atoms with Crippen molar-refractivity contribution in [3.63, 3.8) is 0 Å². The molecule has 1 aromatic heterocycles. The molecular weight excluding hydrogens is 213 g/mol. The average molecular weight is 223 g/mol. The third kappa shape index (κ3) is 1.51. The van der Waals surface area contributed by atoms with Gasteiger partial charge in [0, 0.05) is 11.1 Å². The summed E-state index contributed by atoms with van der Waals surface area (Å²) in [5, 5.41) is 7.99. The van der Waals surface area contributed by atoms with Crippen molar-refractivity contribution in [3.05, 3.63) is 28.9 Å². The van der Waals surface area contributed by atoms with Crippen LogP contribution in [0.15, 0.2) is 18.2 Å². The molecule has 0 aliphatic carbocycles. The maximum atomic E-state index is 13.8. The first kappa shape index (κ1) is 10.1. The van der Waals surface area contributed by atoms with Gasteiger partial charge in [-0.15, -0.1) is 11.3 Å². The smallest absolute Gasteiger partial charge is 0.150 e. The normalized spacial score (nSPS) is 10.6. The molecule has 2 rings (SSSR count). The second-order valence-corrected chi connectivity index (χ2v) is 4.23. The SMILES string of the molecule is COc1cccc2c(F)c(C(C)=N)sc12. The molecule has 2 aromatic rings. The van der Waals surface area contributed by atoms with Crippen molar-refractivity contribution in [2.75, 3.05) is 7.11 Å². The van der Waals surface area contributed by atoms with Crippen molar-refractivity contribution < 1.29 is 9.13 Å². The first-order valence-corrected chi connectivity index (χ1v) is 5.27. The Bertz CT molecular complexity index is 533. The predicted molar refractivity (Wildman–Crippen MR) is 60.8 cm³/mol. The fourth-order valence-electron chi connectivity index (χ4n) is 1.47. The molecule has 0 saturated heterocycles. The molecule has 1 aromatic carbocycles. The van der Waals surface area contributed by atoms with Crippen molar-refractivity contribution in [2.24, 2.45) is 0 Å². The van der Waals surface area contributed by atoms with Crippen LogP contribution in [-0.4, -0.2) is 12.8 Å². The van der Waals surface area contributed by atoms with Crippen molar-refractivity contribution >= 4 is 27.1 Å². The first-order valence-electron chi connectivity index (χ1n) is 4.45. The molecule has 0 saturated carbocycles. The molecule has 0 bridgehead atoms. The molecule has 1 N–H and O–H groups in total. The lowest BCUT2D eigenvalue weighted by Crippen LogP contribution is -1.89. The highest BCUT2D eigenvalue weighted by Gasteiger charge is 2.15. The van der Waals surface area contributed by atoms with Gasteiger partial charge in [-0.05, 0) is 13.0 Å². The van der Waals surface area contributed by atoms with Gasteiger partial charge in [-0.1, -0.05) is 12.1 Å². The zero-order valence-electron chi connectivity index (χ0n) is 8.43. The van der Waals surface area contributed by atoms with Crippen LogP contribution in [0, 0.1) is 11.2 Å². The van der Waals surface area contributed by atoms with E-state index in [1.165, 1.54) is 11.3 Å². The van der Waals surface area contributed by atoms with Gasteiger partial charge in [-0.25, -0.2) is 4.39 Å². The number of nitrogens with one attached hydrogen (secondary N) is 1. The number of thiophene rings is 1. The lowest BCUT2D eigenvalue weighted by atomic mass is 10.2. The average Bonchev–Trinajstić information content (AvgIpc) is 2.56. The third-order valence-electron chi connectivity index (χ3n) is 2.18. The molecule has 2 nitrogen and oxygen atoms in total.